The average molecular weight is 384 g/mol. The van der Waals surface area contributed by atoms with Gasteiger partial charge in [-0.25, -0.2) is 4.98 Å². The fraction of sp³-hybridized carbons (Fsp3) is 0.0476. The number of benzene rings is 2. The molecule has 2 N–H and O–H groups in total. The zero-order chi connectivity index (χ0) is 19.6. The van der Waals surface area contributed by atoms with Crippen LogP contribution in [0.2, 0.25) is 0 Å². The van der Waals surface area contributed by atoms with Gasteiger partial charge in [-0.15, -0.1) is 0 Å². The second-order valence-corrected chi connectivity index (χ2v) is 6.57. The number of carbonyl (C=O) groups is 1. The van der Waals surface area contributed by atoms with E-state index in [1.54, 1.807) is 18.6 Å². The first-order chi connectivity index (χ1) is 14.3. The lowest BCUT2D eigenvalue weighted by molar-refractivity contribution is -0.115. The van der Waals surface area contributed by atoms with Gasteiger partial charge in [0.15, 0.2) is 0 Å². The molecule has 0 spiro atoms. The lowest BCUT2D eigenvalue weighted by Crippen LogP contribution is -2.13. The molecule has 5 aromatic rings. The molecule has 1 amide bonds. The van der Waals surface area contributed by atoms with Crippen molar-refractivity contribution in [1.29, 1.82) is 0 Å². The summed E-state index contributed by atoms with van der Waals surface area (Å²) in [6.45, 7) is 0. The Kier molecular flexibility index (Phi) is 4.14. The summed E-state index contributed by atoms with van der Waals surface area (Å²) >= 11 is 0. The number of nitrogens with one attached hydrogen (secondary N) is 2. The number of H-pyrrole nitrogens is 1. The number of rotatable bonds is 5. The number of fused-ring (bicyclic) bond motifs is 1. The number of anilines is 1. The van der Waals surface area contributed by atoms with Gasteiger partial charge in [0.1, 0.15) is 6.33 Å². The van der Waals surface area contributed by atoms with E-state index in [-0.39, 0.29) is 12.3 Å². The van der Waals surface area contributed by atoms with Gasteiger partial charge in [-0.2, -0.15) is 5.10 Å². The standard InChI is InChI=1S/C21H16N6O2/c28-20(26-21-7-8-25-29-21)9-14-1-4-17(5-2-14)27-13-22-18-10-15(3-6-19(18)27)16-11-23-24-12-16/h1-8,10-13H,9H2,(H,23,24)(H,26,28). The molecule has 0 aliphatic carbocycles. The van der Waals surface area contributed by atoms with Crippen molar-refractivity contribution in [1.82, 2.24) is 24.9 Å². The van der Waals surface area contributed by atoms with Crippen LogP contribution in [0.4, 0.5) is 5.88 Å². The lowest BCUT2D eigenvalue weighted by Gasteiger charge is -2.07. The molecule has 142 valence electrons. The molecule has 0 aliphatic rings. The fourth-order valence-corrected chi connectivity index (χ4v) is 3.23. The predicted octanol–water partition coefficient (Wildman–Crippen LogP) is 3.58. The van der Waals surface area contributed by atoms with E-state index < -0.39 is 0 Å². The highest BCUT2D eigenvalue weighted by atomic mass is 16.5. The zero-order valence-electron chi connectivity index (χ0n) is 15.2. The highest BCUT2D eigenvalue weighted by Gasteiger charge is 2.09. The molecule has 0 aliphatic heterocycles. The molecule has 0 saturated heterocycles. The predicted molar refractivity (Wildman–Crippen MR) is 107 cm³/mol. The molecule has 0 unspecified atom stereocenters. The summed E-state index contributed by atoms with van der Waals surface area (Å²) in [5.41, 5.74) is 5.87. The average Bonchev–Trinajstić information content (AvgIpc) is 3.50. The van der Waals surface area contributed by atoms with Crippen molar-refractivity contribution in [2.24, 2.45) is 0 Å². The van der Waals surface area contributed by atoms with Crippen molar-refractivity contribution in [2.75, 3.05) is 5.32 Å². The van der Waals surface area contributed by atoms with Gasteiger partial charge in [0.2, 0.25) is 11.8 Å². The minimum atomic E-state index is -0.158. The van der Waals surface area contributed by atoms with Crippen LogP contribution in [0, 0.1) is 0 Å². The molecule has 2 aromatic carbocycles. The lowest BCUT2D eigenvalue weighted by atomic mass is 10.1. The van der Waals surface area contributed by atoms with Crippen molar-refractivity contribution >= 4 is 22.8 Å². The number of aromatic nitrogens is 5. The Morgan fingerprint density at radius 2 is 2.00 bits per heavy atom. The van der Waals surface area contributed by atoms with E-state index in [0.717, 1.165) is 33.4 Å². The Hall–Kier alpha value is -4.20. The third-order valence-corrected chi connectivity index (χ3v) is 4.66. The summed E-state index contributed by atoms with van der Waals surface area (Å²) < 4.78 is 6.91. The Bertz CT molecular complexity index is 1250. The molecule has 0 fully saturated rings. The van der Waals surface area contributed by atoms with E-state index in [4.69, 9.17) is 4.52 Å². The highest BCUT2D eigenvalue weighted by molar-refractivity contribution is 5.91. The van der Waals surface area contributed by atoms with Crippen molar-refractivity contribution in [3.63, 3.8) is 0 Å². The second-order valence-electron chi connectivity index (χ2n) is 6.57. The van der Waals surface area contributed by atoms with E-state index in [9.17, 15) is 4.79 Å². The Balaban J connectivity index is 1.35. The summed E-state index contributed by atoms with van der Waals surface area (Å²) in [5, 5.41) is 13.0. The molecule has 0 saturated carbocycles. The van der Waals surface area contributed by atoms with Crippen LogP contribution in [-0.2, 0) is 11.2 Å². The van der Waals surface area contributed by atoms with Crippen molar-refractivity contribution in [2.45, 2.75) is 6.42 Å². The maximum atomic E-state index is 12.1. The monoisotopic (exact) mass is 384 g/mol. The van der Waals surface area contributed by atoms with Crippen LogP contribution >= 0.6 is 0 Å². The maximum absolute atomic E-state index is 12.1. The van der Waals surface area contributed by atoms with Gasteiger partial charge < -0.3 is 4.52 Å². The van der Waals surface area contributed by atoms with Crippen LogP contribution in [0.3, 0.4) is 0 Å². The van der Waals surface area contributed by atoms with E-state index in [2.05, 4.69) is 25.7 Å². The number of amides is 1. The first kappa shape index (κ1) is 16.9. The first-order valence-corrected chi connectivity index (χ1v) is 9.02. The van der Waals surface area contributed by atoms with Crippen molar-refractivity contribution < 1.29 is 9.32 Å². The Morgan fingerprint density at radius 1 is 1.10 bits per heavy atom. The SMILES string of the molecule is O=C(Cc1ccc(-n2cnc3cc(-c4cn[nH]c4)ccc32)cc1)Nc1ccno1. The summed E-state index contributed by atoms with van der Waals surface area (Å²) in [7, 11) is 0. The van der Waals surface area contributed by atoms with Gasteiger partial charge in [0.05, 0.1) is 29.8 Å². The van der Waals surface area contributed by atoms with Gasteiger partial charge in [0, 0.05) is 23.5 Å². The molecule has 3 heterocycles. The van der Waals surface area contributed by atoms with Crippen LogP contribution < -0.4 is 5.32 Å². The maximum Gasteiger partial charge on any atom is 0.231 e. The van der Waals surface area contributed by atoms with E-state index in [1.165, 1.54) is 6.20 Å². The number of imidazole rings is 1. The molecule has 0 radical (unpaired) electrons. The minimum Gasteiger partial charge on any atom is -0.338 e. The largest absolute Gasteiger partial charge is 0.338 e. The van der Waals surface area contributed by atoms with Crippen LogP contribution in [0.1, 0.15) is 5.56 Å². The summed E-state index contributed by atoms with van der Waals surface area (Å²) in [5.74, 6) is 0.181. The number of hydrogen-bond donors (Lipinski definition) is 2. The summed E-state index contributed by atoms with van der Waals surface area (Å²) in [6, 6.07) is 15.5. The van der Waals surface area contributed by atoms with E-state index in [0.29, 0.717) is 5.88 Å². The molecule has 5 rings (SSSR count). The van der Waals surface area contributed by atoms with Crippen LogP contribution in [0.5, 0.6) is 0 Å². The van der Waals surface area contributed by atoms with Crippen molar-refractivity contribution in [3.8, 4) is 16.8 Å². The topological polar surface area (TPSA) is 102 Å². The normalized spacial score (nSPS) is 11.0. The molecule has 8 nitrogen and oxygen atoms in total. The van der Waals surface area contributed by atoms with Gasteiger partial charge in [-0.05, 0) is 35.4 Å². The van der Waals surface area contributed by atoms with Crippen molar-refractivity contribution in [3.05, 3.63) is 79.0 Å². The van der Waals surface area contributed by atoms with Gasteiger partial charge >= 0.3 is 0 Å². The number of nitrogens with zero attached hydrogens (tertiary/aromatic N) is 4. The molecule has 8 heteroatoms. The molecular formula is C21H16N6O2. The quantitative estimate of drug-likeness (QED) is 0.482. The first-order valence-electron chi connectivity index (χ1n) is 9.02. The van der Waals surface area contributed by atoms with Crippen LogP contribution in [0.25, 0.3) is 27.8 Å². The molecule has 3 aromatic heterocycles. The Labute approximate surface area is 165 Å². The Morgan fingerprint density at radius 3 is 2.76 bits per heavy atom. The van der Waals surface area contributed by atoms with Gasteiger partial charge in [-0.3, -0.25) is 19.8 Å². The van der Waals surface area contributed by atoms with E-state index in [1.807, 2.05) is 53.2 Å². The molecule has 0 atom stereocenters. The minimum absolute atomic E-state index is 0.158. The second kappa shape index (κ2) is 7.08. The van der Waals surface area contributed by atoms with E-state index >= 15 is 0 Å². The number of aromatic amines is 1. The fourth-order valence-electron chi connectivity index (χ4n) is 3.23. The van der Waals surface area contributed by atoms with Crippen LogP contribution in [0.15, 0.2) is 78.0 Å². The molecule has 29 heavy (non-hydrogen) atoms. The van der Waals surface area contributed by atoms with Crippen LogP contribution in [-0.4, -0.2) is 30.8 Å². The molecule has 0 bridgehead atoms. The highest BCUT2D eigenvalue weighted by Crippen LogP contribution is 2.25. The van der Waals surface area contributed by atoms with Gasteiger partial charge in [0.25, 0.3) is 0 Å². The zero-order valence-corrected chi connectivity index (χ0v) is 15.2. The summed E-state index contributed by atoms with van der Waals surface area (Å²) in [4.78, 5) is 16.6. The smallest absolute Gasteiger partial charge is 0.231 e. The number of carbonyl (C=O) groups excluding carboxylic acids is 1. The summed E-state index contributed by atoms with van der Waals surface area (Å²) in [6.07, 6.45) is 7.18. The van der Waals surface area contributed by atoms with Gasteiger partial charge in [-0.1, -0.05) is 23.4 Å². The number of hydrogen-bond acceptors (Lipinski definition) is 5. The third kappa shape index (κ3) is 3.39. The molecular weight excluding hydrogens is 368 g/mol. The third-order valence-electron chi connectivity index (χ3n) is 4.66.